The van der Waals surface area contributed by atoms with Crippen molar-refractivity contribution < 1.29 is 24.3 Å². The minimum atomic E-state index is -1.11. The first-order valence-corrected chi connectivity index (χ1v) is 10.6. The van der Waals surface area contributed by atoms with Crippen molar-refractivity contribution in [2.24, 2.45) is 0 Å². The zero-order chi connectivity index (χ0) is 23.0. The standard InChI is InChI=1S/C22H39BN2O5/c1-16-14-17(15-24-18(16)25-10-12-28-13-11-25)23(29-21(6,7)19(2,3)26)30-22(8,9)20(4,5)27/h14-15,26-27H,10-13H2,1-9H3. The average Bonchev–Trinajstić information content (AvgIpc) is 2.59. The Bertz CT molecular complexity index is 691. The van der Waals surface area contributed by atoms with E-state index in [2.05, 4.69) is 4.90 Å². The summed E-state index contributed by atoms with van der Waals surface area (Å²) in [6.45, 7) is 19.1. The molecule has 0 amide bonds. The molecule has 1 fully saturated rings. The van der Waals surface area contributed by atoms with E-state index in [1.165, 1.54) is 0 Å². The Morgan fingerprint density at radius 2 is 1.40 bits per heavy atom. The van der Waals surface area contributed by atoms with Crippen molar-refractivity contribution in [3.05, 3.63) is 17.8 Å². The van der Waals surface area contributed by atoms with Crippen LogP contribution in [0.25, 0.3) is 0 Å². The molecule has 2 N–H and O–H groups in total. The van der Waals surface area contributed by atoms with Gasteiger partial charge < -0.3 is 29.2 Å². The van der Waals surface area contributed by atoms with Crippen LogP contribution in [0.3, 0.4) is 0 Å². The maximum absolute atomic E-state index is 10.6. The molecular weight excluding hydrogens is 383 g/mol. The smallest absolute Gasteiger partial charge is 0.399 e. The first-order chi connectivity index (χ1) is 13.6. The van der Waals surface area contributed by atoms with Crippen molar-refractivity contribution in [1.82, 2.24) is 4.98 Å². The van der Waals surface area contributed by atoms with E-state index in [0.29, 0.717) is 13.2 Å². The fourth-order valence-corrected chi connectivity index (χ4v) is 2.81. The van der Waals surface area contributed by atoms with Crippen molar-refractivity contribution in [1.29, 1.82) is 0 Å². The second kappa shape index (κ2) is 8.75. The summed E-state index contributed by atoms with van der Waals surface area (Å²) in [5.41, 5.74) is -2.30. The molecular formula is C22H39BN2O5. The molecule has 0 aliphatic carbocycles. The van der Waals surface area contributed by atoms with E-state index in [9.17, 15) is 10.2 Å². The third-order valence-corrected chi connectivity index (χ3v) is 6.40. The molecule has 0 spiro atoms. The van der Waals surface area contributed by atoms with E-state index in [1.54, 1.807) is 33.9 Å². The van der Waals surface area contributed by atoms with Crippen LogP contribution >= 0.6 is 0 Å². The molecule has 1 aliphatic heterocycles. The molecule has 0 radical (unpaired) electrons. The Morgan fingerprint density at radius 3 is 1.80 bits per heavy atom. The zero-order valence-corrected chi connectivity index (χ0v) is 20.1. The van der Waals surface area contributed by atoms with Gasteiger partial charge in [-0.15, -0.1) is 0 Å². The first kappa shape index (κ1) is 25.1. The number of hydrogen-bond acceptors (Lipinski definition) is 7. The number of ether oxygens (including phenoxy) is 1. The number of hydrogen-bond donors (Lipinski definition) is 2. The SMILES string of the molecule is Cc1cc(B(OC(C)(C)C(C)(C)O)OC(C)(C)C(C)(C)O)cnc1N1CCOCC1. The van der Waals surface area contributed by atoms with Gasteiger partial charge in [-0.1, -0.05) is 6.07 Å². The van der Waals surface area contributed by atoms with E-state index in [1.807, 2.05) is 40.7 Å². The maximum atomic E-state index is 10.6. The van der Waals surface area contributed by atoms with Crippen LogP contribution in [0, 0.1) is 6.92 Å². The Labute approximate surface area is 181 Å². The number of aryl methyl sites for hydroxylation is 1. The van der Waals surface area contributed by atoms with E-state index < -0.39 is 29.5 Å². The van der Waals surface area contributed by atoms with Gasteiger partial charge in [-0.3, -0.25) is 0 Å². The van der Waals surface area contributed by atoms with Crippen LogP contribution in [0.4, 0.5) is 5.82 Å². The Morgan fingerprint density at radius 1 is 0.933 bits per heavy atom. The van der Waals surface area contributed by atoms with Gasteiger partial charge in [0.15, 0.2) is 0 Å². The number of rotatable bonds is 8. The van der Waals surface area contributed by atoms with Gasteiger partial charge in [0.25, 0.3) is 0 Å². The van der Waals surface area contributed by atoms with Gasteiger partial charge in [0, 0.05) is 24.7 Å². The predicted molar refractivity (Wildman–Crippen MR) is 120 cm³/mol. The number of morpholine rings is 1. The second-order valence-electron chi connectivity index (χ2n) is 10.2. The van der Waals surface area contributed by atoms with Gasteiger partial charge in [-0.05, 0) is 67.9 Å². The van der Waals surface area contributed by atoms with Crippen molar-refractivity contribution in [3.63, 3.8) is 0 Å². The molecule has 2 heterocycles. The van der Waals surface area contributed by atoms with Crippen LogP contribution in [-0.2, 0) is 14.0 Å². The van der Waals surface area contributed by atoms with Gasteiger partial charge in [-0.25, -0.2) is 4.98 Å². The highest BCUT2D eigenvalue weighted by molar-refractivity contribution is 6.61. The average molecular weight is 422 g/mol. The quantitative estimate of drug-likeness (QED) is 0.621. The number of aliphatic hydroxyl groups is 2. The summed E-state index contributed by atoms with van der Waals surface area (Å²) >= 11 is 0. The van der Waals surface area contributed by atoms with Crippen LogP contribution in [0.5, 0.6) is 0 Å². The minimum Gasteiger partial charge on any atom is -0.399 e. The molecule has 170 valence electrons. The molecule has 1 aliphatic rings. The maximum Gasteiger partial charge on any atom is 0.496 e. The summed E-state index contributed by atoms with van der Waals surface area (Å²) in [7, 11) is -0.821. The Kier molecular flexibility index (Phi) is 7.31. The summed E-state index contributed by atoms with van der Waals surface area (Å²) in [5.74, 6) is 0.921. The Balaban J connectivity index is 2.39. The largest absolute Gasteiger partial charge is 0.496 e. The number of anilines is 1. The first-order valence-electron chi connectivity index (χ1n) is 10.6. The fraction of sp³-hybridized carbons (Fsp3) is 0.773. The Hall–Kier alpha value is -1.19. The molecule has 2 rings (SSSR count). The summed E-state index contributed by atoms with van der Waals surface area (Å²) in [5, 5.41) is 21.2. The molecule has 1 aromatic rings. The third kappa shape index (κ3) is 5.74. The van der Waals surface area contributed by atoms with Crippen molar-refractivity contribution in [2.45, 2.75) is 84.7 Å². The molecule has 0 atom stereocenters. The highest BCUT2D eigenvalue weighted by atomic mass is 16.6. The lowest BCUT2D eigenvalue weighted by molar-refractivity contribution is -0.132. The highest BCUT2D eigenvalue weighted by Crippen LogP contribution is 2.30. The normalized spacial score (nSPS) is 16.7. The molecule has 8 heteroatoms. The van der Waals surface area contributed by atoms with Crippen molar-refractivity contribution >= 4 is 18.4 Å². The van der Waals surface area contributed by atoms with E-state index in [4.69, 9.17) is 19.0 Å². The van der Waals surface area contributed by atoms with Gasteiger partial charge in [0.2, 0.25) is 0 Å². The monoisotopic (exact) mass is 422 g/mol. The minimum absolute atomic E-state index is 0.692. The summed E-state index contributed by atoms with van der Waals surface area (Å²) in [6, 6.07) is 2.00. The van der Waals surface area contributed by atoms with Gasteiger partial charge in [0.1, 0.15) is 5.82 Å². The topological polar surface area (TPSA) is 84.3 Å². The van der Waals surface area contributed by atoms with Crippen LogP contribution in [-0.4, -0.2) is 71.0 Å². The molecule has 0 aromatic carbocycles. The summed E-state index contributed by atoms with van der Waals surface area (Å²) in [4.78, 5) is 6.90. The zero-order valence-electron chi connectivity index (χ0n) is 20.1. The number of aromatic nitrogens is 1. The van der Waals surface area contributed by atoms with Crippen molar-refractivity contribution in [3.8, 4) is 0 Å². The molecule has 1 aromatic heterocycles. The molecule has 0 bridgehead atoms. The van der Waals surface area contributed by atoms with Crippen LogP contribution in [0.2, 0.25) is 0 Å². The second-order valence-corrected chi connectivity index (χ2v) is 10.2. The predicted octanol–water partition coefficient (Wildman–Crippen LogP) is 2.05. The lowest BCUT2D eigenvalue weighted by atomic mass is 9.74. The van der Waals surface area contributed by atoms with E-state index in [-0.39, 0.29) is 0 Å². The van der Waals surface area contributed by atoms with Crippen LogP contribution in [0.15, 0.2) is 12.3 Å². The third-order valence-electron chi connectivity index (χ3n) is 6.40. The highest BCUT2D eigenvalue weighted by Gasteiger charge is 2.46. The van der Waals surface area contributed by atoms with Crippen LogP contribution in [0.1, 0.15) is 61.0 Å². The van der Waals surface area contributed by atoms with Crippen LogP contribution < -0.4 is 10.4 Å². The lowest BCUT2D eigenvalue weighted by Crippen LogP contribution is -2.59. The molecule has 30 heavy (non-hydrogen) atoms. The van der Waals surface area contributed by atoms with E-state index in [0.717, 1.165) is 29.9 Å². The fourth-order valence-electron chi connectivity index (χ4n) is 2.81. The van der Waals surface area contributed by atoms with Gasteiger partial charge in [-0.2, -0.15) is 0 Å². The lowest BCUT2D eigenvalue weighted by Gasteiger charge is -2.43. The van der Waals surface area contributed by atoms with E-state index >= 15 is 0 Å². The van der Waals surface area contributed by atoms with Crippen molar-refractivity contribution in [2.75, 3.05) is 31.2 Å². The summed E-state index contributed by atoms with van der Waals surface area (Å²) < 4.78 is 18.0. The molecule has 0 unspecified atom stereocenters. The van der Waals surface area contributed by atoms with Gasteiger partial charge in [0.05, 0.1) is 35.6 Å². The molecule has 0 saturated carbocycles. The molecule has 1 saturated heterocycles. The van der Waals surface area contributed by atoms with Gasteiger partial charge >= 0.3 is 7.12 Å². The molecule has 7 nitrogen and oxygen atoms in total. The summed E-state index contributed by atoms with van der Waals surface area (Å²) in [6.07, 6.45) is 1.75. The number of nitrogens with zero attached hydrogens (tertiary/aromatic N) is 2. The number of pyridine rings is 1.